The van der Waals surface area contributed by atoms with Crippen molar-refractivity contribution in [3.63, 3.8) is 0 Å². The molecule has 0 aliphatic heterocycles. The monoisotopic (exact) mass is 191 g/mol. The fraction of sp³-hybridized carbons (Fsp3) is 0.417. The van der Waals surface area contributed by atoms with Crippen LogP contribution in [0.5, 0.6) is 0 Å². The molecule has 0 spiro atoms. The molecule has 1 N–H and O–H groups in total. The highest BCUT2D eigenvalue weighted by Gasteiger charge is 2.15. The Kier molecular flexibility index (Phi) is 3.84. The summed E-state index contributed by atoms with van der Waals surface area (Å²) in [6.45, 7) is 4.02. The molecular formula is C12H17NO. The number of aryl methyl sites for hydroxylation is 1. The number of hydrogen-bond donors (Lipinski definition) is 1. The molecule has 2 nitrogen and oxygen atoms in total. The van der Waals surface area contributed by atoms with Crippen LogP contribution in [0.15, 0.2) is 24.3 Å². The van der Waals surface area contributed by atoms with Crippen molar-refractivity contribution in [2.24, 2.45) is 0 Å². The number of likely N-dealkylation sites (N-methyl/N-ethyl adjacent to an activating group) is 1. The fourth-order valence-electron chi connectivity index (χ4n) is 1.44. The molecule has 76 valence electrons. The predicted octanol–water partition coefficient (Wildman–Crippen LogP) is 2.18. The summed E-state index contributed by atoms with van der Waals surface area (Å²) < 4.78 is 0. The average Bonchev–Trinajstić information content (AvgIpc) is 2.20. The molecule has 0 heterocycles. The van der Waals surface area contributed by atoms with Gasteiger partial charge < -0.3 is 5.32 Å². The van der Waals surface area contributed by atoms with E-state index in [4.69, 9.17) is 0 Å². The minimum atomic E-state index is -0.0577. The van der Waals surface area contributed by atoms with Gasteiger partial charge >= 0.3 is 0 Å². The van der Waals surface area contributed by atoms with Crippen LogP contribution in [0.2, 0.25) is 0 Å². The van der Waals surface area contributed by atoms with E-state index in [1.54, 1.807) is 0 Å². The fourth-order valence-corrected chi connectivity index (χ4v) is 1.44. The molecule has 0 amide bonds. The predicted molar refractivity (Wildman–Crippen MR) is 58.6 cm³/mol. The molecule has 0 aliphatic rings. The summed E-state index contributed by atoms with van der Waals surface area (Å²) in [4.78, 5) is 11.9. The van der Waals surface area contributed by atoms with Gasteiger partial charge in [0, 0.05) is 5.56 Å². The normalized spacial score (nSPS) is 12.5. The molecule has 0 saturated heterocycles. The van der Waals surface area contributed by atoms with E-state index in [1.807, 2.05) is 45.2 Å². The maximum atomic E-state index is 11.9. The van der Waals surface area contributed by atoms with E-state index >= 15 is 0 Å². The maximum Gasteiger partial charge on any atom is 0.179 e. The summed E-state index contributed by atoms with van der Waals surface area (Å²) in [6.07, 6.45) is 0.823. The van der Waals surface area contributed by atoms with Crippen molar-refractivity contribution in [1.82, 2.24) is 5.32 Å². The standard InChI is InChI=1S/C12H17NO/c1-4-11(13-3)12(14)10-7-5-9(2)6-8-10/h5-8,11,13H,4H2,1-3H3. The molecular weight excluding hydrogens is 174 g/mol. The van der Waals surface area contributed by atoms with Gasteiger partial charge in [0.1, 0.15) is 0 Å². The van der Waals surface area contributed by atoms with Crippen molar-refractivity contribution >= 4 is 5.78 Å². The van der Waals surface area contributed by atoms with E-state index in [1.165, 1.54) is 5.56 Å². The Morgan fingerprint density at radius 2 is 1.93 bits per heavy atom. The molecule has 1 rings (SSSR count). The van der Waals surface area contributed by atoms with E-state index in [9.17, 15) is 4.79 Å². The van der Waals surface area contributed by atoms with Crippen molar-refractivity contribution in [3.05, 3.63) is 35.4 Å². The molecule has 14 heavy (non-hydrogen) atoms. The van der Waals surface area contributed by atoms with Crippen LogP contribution in [0, 0.1) is 6.92 Å². The maximum absolute atomic E-state index is 11.9. The Labute approximate surface area is 85.3 Å². The zero-order chi connectivity index (χ0) is 10.6. The van der Waals surface area contributed by atoms with Crippen LogP contribution in [0.4, 0.5) is 0 Å². The van der Waals surface area contributed by atoms with Gasteiger partial charge in [-0.2, -0.15) is 0 Å². The van der Waals surface area contributed by atoms with Crippen molar-refractivity contribution in [2.75, 3.05) is 7.05 Å². The second kappa shape index (κ2) is 4.91. The molecule has 1 atom stereocenters. The van der Waals surface area contributed by atoms with E-state index < -0.39 is 0 Å². The number of nitrogens with one attached hydrogen (secondary N) is 1. The molecule has 1 unspecified atom stereocenters. The number of carbonyl (C=O) groups excluding carboxylic acids is 1. The van der Waals surface area contributed by atoms with Gasteiger partial charge in [0.05, 0.1) is 6.04 Å². The van der Waals surface area contributed by atoms with Crippen LogP contribution in [0.1, 0.15) is 29.3 Å². The summed E-state index contributed by atoms with van der Waals surface area (Å²) in [5.41, 5.74) is 1.97. The molecule has 0 aliphatic carbocycles. The first-order valence-corrected chi connectivity index (χ1v) is 4.97. The third kappa shape index (κ3) is 2.42. The van der Waals surface area contributed by atoms with Crippen molar-refractivity contribution in [1.29, 1.82) is 0 Å². The van der Waals surface area contributed by atoms with Gasteiger partial charge in [0.25, 0.3) is 0 Å². The third-order valence-corrected chi connectivity index (χ3v) is 2.41. The average molecular weight is 191 g/mol. The minimum Gasteiger partial charge on any atom is -0.310 e. The molecule has 0 fully saturated rings. The van der Waals surface area contributed by atoms with Crippen LogP contribution in [-0.2, 0) is 0 Å². The Balaban J connectivity index is 2.83. The topological polar surface area (TPSA) is 29.1 Å². The lowest BCUT2D eigenvalue weighted by atomic mass is 10.0. The highest BCUT2D eigenvalue weighted by atomic mass is 16.1. The van der Waals surface area contributed by atoms with Crippen LogP contribution >= 0.6 is 0 Å². The summed E-state index contributed by atoms with van der Waals surface area (Å²) in [7, 11) is 1.82. The van der Waals surface area contributed by atoms with Crippen LogP contribution in [0.3, 0.4) is 0 Å². The van der Waals surface area contributed by atoms with Gasteiger partial charge in [-0.05, 0) is 20.4 Å². The highest BCUT2D eigenvalue weighted by Crippen LogP contribution is 2.07. The molecule has 0 radical (unpaired) electrons. The number of hydrogen-bond acceptors (Lipinski definition) is 2. The number of Topliss-reactive ketones (excluding diaryl/α,β-unsaturated/α-hetero) is 1. The van der Waals surface area contributed by atoms with Gasteiger partial charge in [-0.3, -0.25) is 4.79 Å². The molecule has 0 bridgehead atoms. The van der Waals surface area contributed by atoms with E-state index in [0.29, 0.717) is 0 Å². The first-order chi connectivity index (χ1) is 6.69. The molecule has 0 saturated carbocycles. The van der Waals surface area contributed by atoms with Crippen molar-refractivity contribution in [2.45, 2.75) is 26.3 Å². The van der Waals surface area contributed by atoms with Crippen LogP contribution < -0.4 is 5.32 Å². The SMILES string of the molecule is CCC(NC)C(=O)c1ccc(C)cc1. The van der Waals surface area contributed by atoms with Gasteiger partial charge in [0.2, 0.25) is 0 Å². The Morgan fingerprint density at radius 1 is 1.36 bits per heavy atom. The summed E-state index contributed by atoms with van der Waals surface area (Å²) in [6, 6.07) is 7.65. The van der Waals surface area contributed by atoms with Gasteiger partial charge in [-0.25, -0.2) is 0 Å². The number of carbonyl (C=O) groups is 1. The first-order valence-electron chi connectivity index (χ1n) is 4.97. The van der Waals surface area contributed by atoms with Crippen LogP contribution in [0.25, 0.3) is 0 Å². The van der Waals surface area contributed by atoms with Crippen molar-refractivity contribution < 1.29 is 4.79 Å². The Morgan fingerprint density at radius 3 is 2.36 bits per heavy atom. The summed E-state index contributed by atoms with van der Waals surface area (Å²) >= 11 is 0. The number of benzene rings is 1. The van der Waals surface area contributed by atoms with Gasteiger partial charge in [0.15, 0.2) is 5.78 Å². The zero-order valence-corrected chi connectivity index (χ0v) is 9.00. The van der Waals surface area contributed by atoms with Crippen molar-refractivity contribution in [3.8, 4) is 0 Å². The highest BCUT2D eigenvalue weighted by molar-refractivity contribution is 6.00. The minimum absolute atomic E-state index is 0.0577. The second-order valence-corrected chi connectivity index (χ2v) is 3.48. The Hall–Kier alpha value is -1.15. The van der Waals surface area contributed by atoms with E-state index in [2.05, 4.69) is 5.32 Å². The lowest BCUT2D eigenvalue weighted by Gasteiger charge is -2.12. The smallest absolute Gasteiger partial charge is 0.179 e. The molecule has 1 aromatic rings. The molecule has 0 aromatic heterocycles. The lowest BCUT2D eigenvalue weighted by Crippen LogP contribution is -2.33. The van der Waals surface area contributed by atoms with Gasteiger partial charge in [-0.1, -0.05) is 36.8 Å². The number of ketones is 1. The van der Waals surface area contributed by atoms with Crippen LogP contribution in [-0.4, -0.2) is 18.9 Å². The Bertz CT molecular complexity index is 299. The lowest BCUT2D eigenvalue weighted by molar-refractivity contribution is 0.0945. The third-order valence-electron chi connectivity index (χ3n) is 2.41. The molecule has 2 heteroatoms. The quantitative estimate of drug-likeness (QED) is 0.739. The second-order valence-electron chi connectivity index (χ2n) is 3.48. The van der Waals surface area contributed by atoms with E-state index in [0.717, 1.165) is 12.0 Å². The largest absolute Gasteiger partial charge is 0.310 e. The summed E-state index contributed by atoms with van der Waals surface area (Å²) in [5.74, 6) is 0.176. The summed E-state index contributed by atoms with van der Waals surface area (Å²) in [5, 5.41) is 3.02. The number of rotatable bonds is 4. The molecule has 1 aromatic carbocycles. The first kappa shape index (κ1) is 10.9. The zero-order valence-electron chi connectivity index (χ0n) is 9.00. The van der Waals surface area contributed by atoms with E-state index in [-0.39, 0.29) is 11.8 Å². The van der Waals surface area contributed by atoms with Gasteiger partial charge in [-0.15, -0.1) is 0 Å².